The lowest BCUT2D eigenvalue weighted by Crippen LogP contribution is -2.42. The van der Waals surface area contributed by atoms with Crippen molar-refractivity contribution >= 4 is 5.91 Å². The fourth-order valence-corrected chi connectivity index (χ4v) is 0.922. The van der Waals surface area contributed by atoms with Gasteiger partial charge in [-0.1, -0.05) is 5.21 Å². The highest BCUT2D eigenvalue weighted by Crippen LogP contribution is 1.98. The fourth-order valence-electron chi connectivity index (χ4n) is 0.922. The summed E-state index contributed by atoms with van der Waals surface area (Å²) in [6, 6.07) is 0. The molecule has 0 fully saturated rings. The molecule has 72 valence electrons. The van der Waals surface area contributed by atoms with Gasteiger partial charge in [-0.15, -0.1) is 5.10 Å². The highest BCUT2D eigenvalue weighted by molar-refractivity contribution is 5.76. The Morgan fingerprint density at radius 3 is 2.69 bits per heavy atom. The molecule has 0 saturated carbocycles. The van der Waals surface area contributed by atoms with Crippen LogP contribution < -0.4 is 5.32 Å². The van der Waals surface area contributed by atoms with Gasteiger partial charge in [0.2, 0.25) is 5.91 Å². The van der Waals surface area contributed by atoms with E-state index in [1.807, 2.05) is 20.8 Å². The van der Waals surface area contributed by atoms with E-state index in [2.05, 4.69) is 15.6 Å². The summed E-state index contributed by atoms with van der Waals surface area (Å²) >= 11 is 0. The lowest BCUT2D eigenvalue weighted by Gasteiger charge is -2.20. The van der Waals surface area contributed by atoms with Crippen molar-refractivity contribution in [3.63, 3.8) is 0 Å². The van der Waals surface area contributed by atoms with Gasteiger partial charge < -0.3 is 5.32 Å². The smallest absolute Gasteiger partial charge is 0.242 e. The maximum Gasteiger partial charge on any atom is 0.242 e. The topological polar surface area (TPSA) is 59.8 Å². The van der Waals surface area contributed by atoms with E-state index in [4.69, 9.17) is 0 Å². The quantitative estimate of drug-likeness (QED) is 0.710. The van der Waals surface area contributed by atoms with E-state index in [0.717, 1.165) is 0 Å². The summed E-state index contributed by atoms with van der Waals surface area (Å²) in [5.74, 6) is -0.0574. The first-order valence-corrected chi connectivity index (χ1v) is 4.12. The molecule has 13 heavy (non-hydrogen) atoms. The average molecular weight is 182 g/mol. The predicted octanol–water partition coefficient (Wildman–Crippen LogP) is 0.193. The van der Waals surface area contributed by atoms with Crippen LogP contribution in [-0.2, 0) is 11.3 Å². The molecule has 0 bridgehead atoms. The van der Waals surface area contributed by atoms with Crippen LogP contribution in [-0.4, -0.2) is 26.4 Å². The molecule has 5 heteroatoms. The van der Waals surface area contributed by atoms with Crippen LogP contribution in [0.2, 0.25) is 0 Å². The van der Waals surface area contributed by atoms with Gasteiger partial charge in [0.15, 0.2) is 0 Å². The van der Waals surface area contributed by atoms with Crippen molar-refractivity contribution in [2.24, 2.45) is 0 Å². The van der Waals surface area contributed by atoms with Crippen molar-refractivity contribution in [1.82, 2.24) is 20.3 Å². The molecule has 0 unspecified atom stereocenters. The van der Waals surface area contributed by atoms with E-state index in [0.29, 0.717) is 0 Å². The standard InChI is InChI=1S/C8H14N4O/c1-8(2,3)10-7(13)6-12-5-4-9-11-12/h4-5H,6H2,1-3H3,(H,10,13). The summed E-state index contributed by atoms with van der Waals surface area (Å²) in [7, 11) is 0. The van der Waals surface area contributed by atoms with Crippen molar-refractivity contribution < 1.29 is 4.79 Å². The molecule has 1 aromatic heterocycles. The van der Waals surface area contributed by atoms with Crippen molar-refractivity contribution in [2.45, 2.75) is 32.9 Å². The van der Waals surface area contributed by atoms with Crippen LogP contribution in [0.5, 0.6) is 0 Å². The van der Waals surface area contributed by atoms with Gasteiger partial charge in [-0.25, -0.2) is 4.68 Å². The van der Waals surface area contributed by atoms with E-state index in [1.165, 1.54) is 4.68 Å². The molecule has 0 radical (unpaired) electrons. The van der Waals surface area contributed by atoms with Crippen molar-refractivity contribution in [1.29, 1.82) is 0 Å². The second kappa shape index (κ2) is 3.55. The van der Waals surface area contributed by atoms with E-state index >= 15 is 0 Å². The Morgan fingerprint density at radius 2 is 2.23 bits per heavy atom. The number of rotatable bonds is 2. The summed E-state index contributed by atoms with van der Waals surface area (Å²) in [5.41, 5.74) is -0.197. The van der Waals surface area contributed by atoms with Gasteiger partial charge in [-0.05, 0) is 20.8 Å². The zero-order valence-electron chi connectivity index (χ0n) is 8.11. The first-order chi connectivity index (χ1) is 5.97. The monoisotopic (exact) mass is 182 g/mol. The predicted molar refractivity (Wildman–Crippen MR) is 47.9 cm³/mol. The largest absolute Gasteiger partial charge is 0.350 e. The van der Waals surface area contributed by atoms with Gasteiger partial charge in [0, 0.05) is 11.7 Å². The van der Waals surface area contributed by atoms with Crippen LogP contribution in [0.3, 0.4) is 0 Å². The normalized spacial score (nSPS) is 11.3. The van der Waals surface area contributed by atoms with Crippen LogP contribution in [0.15, 0.2) is 12.4 Å². The molecular weight excluding hydrogens is 168 g/mol. The first-order valence-electron chi connectivity index (χ1n) is 4.12. The molecule has 0 saturated heterocycles. The van der Waals surface area contributed by atoms with Crippen LogP contribution in [0.1, 0.15) is 20.8 Å². The van der Waals surface area contributed by atoms with Gasteiger partial charge in [0.05, 0.1) is 6.20 Å². The maximum atomic E-state index is 11.3. The van der Waals surface area contributed by atoms with E-state index in [-0.39, 0.29) is 18.0 Å². The minimum atomic E-state index is -0.197. The molecule has 5 nitrogen and oxygen atoms in total. The Bertz CT molecular complexity index is 273. The number of carbonyl (C=O) groups is 1. The molecule has 1 amide bonds. The number of nitrogens with zero attached hydrogens (tertiary/aromatic N) is 3. The zero-order chi connectivity index (χ0) is 9.90. The van der Waals surface area contributed by atoms with Crippen LogP contribution in [0.4, 0.5) is 0 Å². The van der Waals surface area contributed by atoms with Gasteiger partial charge >= 0.3 is 0 Å². The molecule has 0 aromatic carbocycles. The summed E-state index contributed by atoms with van der Waals surface area (Å²) in [6.07, 6.45) is 3.20. The van der Waals surface area contributed by atoms with Gasteiger partial charge in [-0.3, -0.25) is 4.79 Å². The summed E-state index contributed by atoms with van der Waals surface area (Å²) in [5, 5.41) is 10.1. The van der Waals surface area contributed by atoms with Crippen molar-refractivity contribution in [3.05, 3.63) is 12.4 Å². The molecule has 0 atom stereocenters. The number of carbonyl (C=O) groups excluding carboxylic acids is 1. The second-order valence-corrected chi connectivity index (χ2v) is 3.90. The van der Waals surface area contributed by atoms with Crippen LogP contribution >= 0.6 is 0 Å². The summed E-state index contributed by atoms with van der Waals surface area (Å²) in [6.45, 7) is 6.03. The van der Waals surface area contributed by atoms with Gasteiger partial charge in [0.1, 0.15) is 6.54 Å². The maximum absolute atomic E-state index is 11.3. The molecular formula is C8H14N4O. The molecule has 0 aliphatic rings. The summed E-state index contributed by atoms with van der Waals surface area (Å²) < 4.78 is 1.49. The van der Waals surface area contributed by atoms with E-state index < -0.39 is 0 Å². The minimum absolute atomic E-state index is 0.0574. The third kappa shape index (κ3) is 3.68. The number of hydrogen-bond acceptors (Lipinski definition) is 3. The average Bonchev–Trinajstić information content (AvgIpc) is 2.34. The highest BCUT2D eigenvalue weighted by atomic mass is 16.2. The summed E-state index contributed by atoms with van der Waals surface area (Å²) in [4.78, 5) is 11.3. The molecule has 1 heterocycles. The Kier molecular flexibility index (Phi) is 2.65. The molecule has 1 rings (SSSR count). The molecule has 0 aliphatic heterocycles. The fraction of sp³-hybridized carbons (Fsp3) is 0.625. The lowest BCUT2D eigenvalue weighted by atomic mass is 10.1. The lowest BCUT2D eigenvalue weighted by molar-refractivity contribution is -0.123. The zero-order valence-corrected chi connectivity index (χ0v) is 8.11. The number of aromatic nitrogens is 3. The SMILES string of the molecule is CC(C)(C)NC(=O)Cn1ccnn1. The molecule has 1 N–H and O–H groups in total. The Balaban J connectivity index is 2.43. The second-order valence-electron chi connectivity index (χ2n) is 3.90. The number of amides is 1. The Hall–Kier alpha value is -1.39. The van der Waals surface area contributed by atoms with Gasteiger partial charge in [0.25, 0.3) is 0 Å². The van der Waals surface area contributed by atoms with Crippen molar-refractivity contribution in [3.8, 4) is 0 Å². The third-order valence-corrected chi connectivity index (χ3v) is 1.29. The first kappa shape index (κ1) is 9.70. The minimum Gasteiger partial charge on any atom is -0.350 e. The molecule has 1 aromatic rings. The van der Waals surface area contributed by atoms with E-state index in [1.54, 1.807) is 12.4 Å². The third-order valence-electron chi connectivity index (χ3n) is 1.29. The van der Waals surface area contributed by atoms with Crippen LogP contribution in [0, 0.1) is 0 Å². The number of nitrogens with one attached hydrogen (secondary N) is 1. The Labute approximate surface area is 77.1 Å². The molecule has 0 spiro atoms. The highest BCUT2D eigenvalue weighted by Gasteiger charge is 2.13. The Morgan fingerprint density at radius 1 is 1.54 bits per heavy atom. The van der Waals surface area contributed by atoms with E-state index in [9.17, 15) is 4.79 Å². The molecule has 0 aliphatic carbocycles. The number of hydrogen-bond donors (Lipinski definition) is 1. The van der Waals surface area contributed by atoms with Gasteiger partial charge in [-0.2, -0.15) is 0 Å². The van der Waals surface area contributed by atoms with Crippen LogP contribution in [0.25, 0.3) is 0 Å². The van der Waals surface area contributed by atoms with Crippen molar-refractivity contribution in [2.75, 3.05) is 0 Å².